The van der Waals surface area contributed by atoms with E-state index in [1.165, 1.54) is 32.1 Å². The summed E-state index contributed by atoms with van der Waals surface area (Å²) in [7, 11) is 0. The number of nitrogens with zero attached hydrogens (tertiary/aromatic N) is 2. The van der Waals surface area contributed by atoms with Gasteiger partial charge in [-0.1, -0.05) is 19.3 Å². The molecule has 5 heteroatoms. The van der Waals surface area contributed by atoms with Gasteiger partial charge in [-0.3, -0.25) is 4.99 Å². The number of aromatic nitrogens is 1. The molecule has 0 aliphatic heterocycles. The average molecular weight is 252 g/mol. The van der Waals surface area contributed by atoms with E-state index in [0.29, 0.717) is 12.0 Å². The summed E-state index contributed by atoms with van der Waals surface area (Å²) in [5, 5.41) is 6.23. The maximum Gasteiger partial charge on any atom is 0.189 e. The van der Waals surface area contributed by atoms with Crippen LogP contribution in [-0.2, 0) is 0 Å². The van der Waals surface area contributed by atoms with Crippen LogP contribution >= 0.6 is 11.3 Å². The molecule has 0 amide bonds. The Kier molecular flexibility index (Phi) is 4.36. The van der Waals surface area contributed by atoms with E-state index in [9.17, 15) is 0 Å². The number of nitrogens with one attached hydrogen (secondary N) is 1. The van der Waals surface area contributed by atoms with Crippen molar-refractivity contribution in [3.8, 4) is 0 Å². The molecule has 0 saturated heterocycles. The van der Waals surface area contributed by atoms with Gasteiger partial charge in [0, 0.05) is 11.6 Å². The predicted octanol–water partition coefficient (Wildman–Crippen LogP) is 2.44. The standard InChI is InChI=1S/C12H20N4S/c1-9(11-14-7-8-17-11)15-12(13)16-10-5-3-2-4-6-10/h7-10H,2-6H2,1H3,(H3,13,15,16). The van der Waals surface area contributed by atoms with Gasteiger partial charge in [0.15, 0.2) is 5.96 Å². The van der Waals surface area contributed by atoms with Crippen molar-refractivity contribution in [2.75, 3.05) is 0 Å². The minimum Gasteiger partial charge on any atom is -0.370 e. The fraction of sp³-hybridized carbons (Fsp3) is 0.667. The largest absolute Gasteiger partial charge is 0.370 e. The number of rotatable bonds is 3. The molecule has 0 radical (unpaired) electrons. The minimum absolute atomic E-state index is 0.141. The molecule has 4 nitrogen and oxygen atoms in total. The van der Waals surface area contributed by atoms with Gasteiger partial charge in [-0.2, -0.15) is 0 Å². The zero-order valence-electron chi connectivity index (χ0n) is 10.2. The molecule has 94 valence electrons. The van der Waals surface area contributed by atoms with Crippen molar-refractivity contribution in [3.63, 3.8) is 0 Å². The summed E-state index contributed by atoms with van der Waals surface area (Å²) in [5.41, 5.74) is 5.93. The molecule has 1 aromatic rings. The first-order valence-corrected chi connectivity index (χ1v) is 7.13. The topological polar surface area (TPSA) is 63.3 Å². The maximum atomic E-state index is 5.93. The van der Waals surface area contributed by atoms with Gasteiger partial charge in [0.05, 0.1) is 12.1 Å². The van der Waals surface area contributed by atoms with Crippen LogP contribution in [0.4, 0.5) is 0 Å². The number of hydrogen-bond donors (Lipinski definition) is 2. The van der Waals surface area contributed by atoms with E-state index in [0.717, 1.165) is 5.01 Å². The van der Waals surface area contributed by atoms with Crippen LogP contribution in [0.1, 0.15) is 50.1 Å². The molecule has 0 spiro atoms. The van der Waals surface area contributed by atoms with Crippen LogP contribution in [0.15, 0.2) is 16.6 Å². The van der Waals surface area contributed by atoms with E-state index < -0.39 is 0 Å². The quantitative estimate of drug-likeness (QED) is 0.641. The van der Waals surface area contributed by atoms with E-state index in [1.807, 2.05) is 11.6 Å². The van der Waals surface area contributed by atoms with E-state index in [-0.39, 0.29) is 6.04 Å². The van der Waals surface area contributed by atoms with E-state index in [2.05, 4.69) is 22.2 Å². The lowest BCUT2D eigenvalue weighted by molar-refractivity contribution is 0.441. The first-order chi connectivity index (χ1) is 8.25. The first-order valence-electron chi connectivity index (χ1n) is 6.25. The Morgan fingerprint density at radius 3 is 2.94 bits per heavy atom. The van der Waals surface area contributed by atoms with Crippen molar-refractivity contribution >= 4 is 17.3 Å². The van der Waals surface area contributed by atoms with E-state index in [1.54, 1.807) is 11.3 Å². The number of thiazole rings is 1. The normalized spacial score (nSPS) is 20.2. The molecule has 2 rings (SSSR count). The molecular weight excluding hydrogens is 232 g/mol. The Balaban J connectivity index is 1.87. The summed E-state index contributed by atoms with van der Waals surface area (Å²) in [6.45, 7) is 2.06. The number of guanidine groups is 1. The molecular formula is C12H20N4S. The molecule has 1 saturated carbocycles. The molecule has 3 N–H and O–H groups in total. The van der Waals surface area contributed by atoms with E-state index in [4.69, 9.17) is 5.73 Å². The Bertz CT molecular complexity index is 355. The third-order valence-corrected chi connectivity index (χ3v) is 4.04. The first kappa shape index (κ1) is 12.4. The van der Waals surface area contributed by atoms with Crippen LogP contribution in [0.25, 0.3) is 0 Å². The molecule has 17 heavy (non-hydrogen) atoms. The van der Waals surface area contributed by atoms with Crippen LogP contribution in [0.2, 0.25) is 0 Å². The summed E-state index contributed by atoms with van der Waals surface area (Å²) < 4.78 is 0. The molecule has 1 atom stereocenters. The highest BCUT2D eigenvalue weighted by Gasteiger charge is 2.14. The highest BCUT2D eigenvalue weighted by atomic mass is 32.1. The average Bonchev–Trinajstić information content (AvgIpc) is 2.83. The Labute approximate surface area is 106 Å². The van der Waals surface area contributed by atoms with Gasteiger partial charge < -0.3 is 11.1 Å². The molecule has 0 aromatic carbocycles. The monoisotopic (exact) mass is 252 g/mol. The highest BCUT2D eigenvalue weighted by molar-refractivity contribution is 7.09. The Morgan fingerprint density at radius 1 is 1.53 bits per heavy atom. The number of nitrogens with two attached hydrogens (primary N) is 1. The Morgan fingerprint density at radius 2 is 2.29 bits per heavy atom. The van der Waals surface area contributed by atoms with Crippen molar-refractivity contribution in [2.45, 2.75) is 51.1 Å². The van der Waals surface area contributed by atoms with Crippen LogP contribution in [0.5, 0.6) is 0 Å². The molecule has 1 aliphatic rings. The summed E-state index contributed by atoms with van der Waals surface area (Å²) in [6.07, 6.45) is 8.07. The van der Waals surface area contributed by atoms with Gasteiger partial charge in [-0.25, -0.2) is 4.98 Å². The zero-order chi connectivity index (χ0) is 12.1. The van der Waals surface area contributed by atoms with Crippen molar-refractivity contribution in [3.05, 3.63) is 16.6 Å². The second kappa shape index (κ2) is 6.00. The third kappa shape index (κ3) is 3.70. The van der Waals surface area contributed by atoms with Crippen LogP contribution in [0, 0.1) is 0 Å². The molecule has 1 aromatic heterocycles. The maximum absolute atomic E-state index is 5.93. The summed E-state index contributed by atoms with van der Waals surface area (Å²) in [4.78, 5) is 8.81. The molecule has 1 heterocycles. The van der Waals surface area contributed by atoms with Gasteiger partial charge in [0.25, 0.3) is 0 Å². The second-order valence-corrected chi connectivity index (χ2v) is 5.47. The molecule has 1 fully saturated rings. The van der Waals surface area contributed by atoms with Gasteiger partial charge in [-0.15, -0.1) is 11.3 Å². The van der Waals surface area contributed by atoms with Crippen LogP contribution in [0.3, 0.4) is 0 Å². The molecule has 1 unspecified atom stereocenters. The van der Waals surface area contributed by atoms with Crippen LogP contribution < -0.4 is 11.1 Å². The minimum atomic E-state index is 0.141. The van der Waals surface area contributed by atoms with Crippen molar-refractivity contribution in [2.24, 2.45) is 10.7 Å². The third-order valence-electron chi connectivity index (χ3n) is 3.08. The van der Waals surface area contributed by atoms with Crippen LogP contribution in [-0.4, -0.2) is 17.0 Å². The fourth-order valence-corrected chi connectivity index (χ4v) is 2.82. The van der Waals surface area contributed by atoms with Crippen molar-refractivity contribution in [1.82, 2.24) is 10.3 Å². The zero-order valence-corrected chi connectivity index (χ0v) is 11.0. The second-order valence-electron chi connectivity index (χ2n) is 4.54. The summed E-state index contributed by atoms with van der Waals surface area (Å²) in [5.74, 6) is 0.555. The summed E-state index contributed by atoms with van der Waals surface area (Å²) in [6, 6.07) is 0.557. The predicted molar refractivity (Wildman–Crippen MR) is 72.2 cm³/mol. The Hall–Kier alpha value is -1.10. The van der Waals surface area contributed by atoms with E-state index >= 15 is 0 Å². The fourth-order valence-electron chi connectivity index (χ4n) is 2.18. The smallest absolute Gasteiger partial charge is 0.189 e. The molecule has 1 aliphatic carbocycles. The number of hydrogen-bond acceptors (Lipinski definition) is 3. The number of aliphatic imine (C=N–C) groups is 1. The SMILES string of the molecule is CC(NC(N)=NC1CCCCC1)c1nccs1. The van der Waals surface area contributed by atoms with Gasteiger partial charge in [0.1, 0.15) is 5.01 Å². The van der Waals surface area contributed by atoms with Gasteiger partial charge >= 0.3 is 0 Å². The van der Waals surface area contributed by atoms with Crippen molar-refractivity contribution < 1.29 is 0 Å². The lowest BCUT2D eigenvalue weighted by Gasteiger charge is -2.19. The lowest BCUT2D eigenvalue weighted by Crippen LogP contribution is -2.35. The summed E-state index contributed by atoms with van der Waals surface area (Å²) >= 11 is 1.63. The van der Waals surface area contributed by atoms with Crippen molar-refractivity contribution in [1.29, 1.82) is 0 Å². The van der Waals surface area contributed by atoms with Gasteiger partial charge in [0.2, 0.25) is 0 Å². The lowest BCUT2D eigenvalue weighted by atomic mass is 9.96. The molecule has 0 bridgehead atoms. The highest BCUT2D eigenvalue weighted by Crippen LogP contribution is 2.20. The van der Waals surface area contributed by atoms with Gasteiger partial charge in [-0.05, 0) is 19.8 Å².